The van der Waals surface area contributed by atoms with Crippen molar-refractivity contribution in [2.45, 2.75) is 13.5 Å². The van der Waals surface area contributed by atoms with Gasteiger partial charge >= 0.3 is 0 Å². The molecule has 0 fully saturated rings. The highest BCUT2D eigenvalue weighted by atomic mass is 16.4. The highest BCUT2D eigenvalue weighted by Crippen LogP contribution is 2.17. The number of anilines is 1. The first-order chi connectivity index (χ1) is 9.61. The van der Waals surface area contributed by atoms with Gasteiger partial charge in [0.05, 0.1) is 12.2 Å². The Morgan fingerprint density at radius 1 is 1.35 bits per heavy atom. The van der Waals surface area contributed by atoms with E-state index < -0.39 is 0 Å². The number of nitrogens with zero attached hydrogens (tertiary/aromatic N) is 3. The number of pyridine rings is 1. The summed E-state index contributed by atoms with van der Waals surface area (Å²) in [4.78, 5) is 6.46. The molecule has 0 spiro atoms. The van der Waals surface area contributed by atoms with Gasteiger partial charge in [0.15, 0.2) is 5.84 Å². The SMILES string of the molecule is Cc1cccnc1CN(C)c1cccc(/C(N)=N/O)c1. The van der Waals surface area contributed by atoms with Crippen molar-refractivity contribution in [2.24, 2.45) is 10.9 Å². The highest BCUT2D eigenvalue weighted by Gasteiger charge is 2.07. The van der Waals surface area contributed by atoms with E-state index in [2.05, 4.69) is 15.0 Å². The zero-order valence-electron chi connectivity index (χ0n) is 11.6. The Balaban J connectivity index is 2.21. The molecule has 1 aromatic heterocycles. The van der Waals surface area contributed by atoms with Crippen LogP contribution in [0.1, 0.15) is 16.8 Å². The zero-order chi connectivity index (χ0) is 14.5. The third-order valence-electron chi connectivity index (χ3n) is 3.20. The van der Waals surface area contributed by atoms with Gasteiger partial charge in [-0.05, 0) is 30.7 Å². The van der Waals surface area contributed by atoms with Gasteiger partial charge in [-0.1, -0.05) is 23.4 Å². The number of amidine groups is 1. The first-order valence-corrected chi connectivity index (χ1v) is 6.31. The molecule has 2 rings (SSSR count). The normalized spacial score (nSPS) is 11.4. The summed E-state index contributed by atoms with van der Waals surface area (Å²) in [7, 11) is 1.99. The van der Waals surface area contributed by atoms with Gasteiger partial charge in [-0.3, -0.25) is 4.98 Å². The van der Waals surface area contributed by atoms with E-state index in [4.69, 9.17) is 10.9 Å². The molecule has 1 heterocycles. The van der Waals surface area contributed by atoms with E-state index in [0.29, 0.717) is 12.1 Å². The number of oxime groups is 1. The minimum Gasteiger partial charge on any atom is -0.409 e. The van der Waals surface area contributed by atoms with Gasteiger partial charge in [-0.25, -0.2) is 0 Å². The largest absolute Gasteiger partial charge is 0.409 e. The Kier molecular flexibility index (Phi) is 4.20. The summed E-state index contributed by atoms with van der Waals surface area (Å²) in [5, 5.41) is 11.7. The van der Waals surface area contributed by atoms with Crippen molar-refractivity contribution < 1.29 is 5.21 Å². The molecule has 0 saturated heterocycles. The minimum absolute atomic E-state index is 0.106. The third-order valence-corrected chi connectivity index (χ3v) is 3.20. The summed E-state index contributed by atoms with van der Waals surface area (Å²) >= 11 is 0. The fourth-order valence-corrected chi connectivity index (χ4v) is 1.96. The van der Waals surface area contributed by atoms with Crippen LogP contribution in [-0.2, 0) is 6.54 Å². The Labute approximate surface area is 118 Å². The molecule has 0 bridgehead atoms. The van der Waals surface area contributed by atoms with Crippen molar-refractivity contribution in [3.05, 3.63) is 59.4 Å². The summed E-state index contributed by atoms with van der Waals surface area (Å²) < 4.78 is 0. The van der Waals surface area contributed by atoms with E-state index >= 15 is 0 Å². The fraction of sp³-hybridized carbons (Fsp3) is 0.200. The van der Waals surface area contributed by atoms with Crippen LogP contribution in [0.4, 0.5) is 5.69 Å². The Bertz CT molecular complexity index is 625. The number of benzene rings is 1. The Morgan fingerprint density at radius 3 is 2.85 bits per heavy atom. The summed E-state index contributed by atoms with van der Waals surface area (Å²) in [6.45, 7) is 2.75. The van der Waals surface area contributed by atoms with Gasteiger partial charge in [-0.2, -0.15) is 0 Å². The second-order valence-corrected chi connectivity index (χ2v) is 4.66. The molecule has 104 valence electrons. The van der Waals surface area contributed by atoms with Crippen LogP contribution in [0.5, 0.6) is 0 Å². The quantitative estimate of drug-likeness (QED) is 0.386. The van der Waals surface area contributed by atoms with Gasteiger partial charge in [0, 0.05) is 24.5 Å². The van der Waals surface area contributed by atoms with E-state index in [9.17, 15) is 0 Å². The maximum atomic E-state index is 8.73. The molecule has 0 amide bonds. The molecule has 1 aromatic carbocycles. The van der Waals surface area contributed by atoms with Crippen LogP contribution in [0, 0.1) is 6.92 Å². The van der Waals surface area contributed by atoms with E-state index in [1.807, 2.05) is 44.3 Å². The molecule has 5 heteroatoms. The molecule has 0 aliphatic heterocycles. The number of hydrogen-bond donors (Lipinski definition) is 2. The number of aryl methyl sites for hydroxylation is 1. The standard InChI is InChI=1S/C15H18N4O/c1-11-5-4-8-17-14(11)10-19(2)13-7-3-6-12(9-13)15(16)18-20/h3-9,20H,10H2,1-2H3,(H2,16,18). The molecular weight excluding hydrogens is 252 g/mol. The van der Waals surface area contributed by atoms with Gasteiger partial charge in [0.2, 0.25) is 0 Å². The van der Waals surface area contributed by atoms with Gasteiger partial charge in [0.25, 0.3) is 0 Å². The first kappa shape index (κ1) is 13.9. The zero-order valence-corrected chi connectivity index (χ0v) is 11.6. The van der Waals surface area contributed by atoms with E-state index in [-0.39, 0.29) is 5.84 Å². The average Bonchev–Trinajstić information content (AvgIpc) is 2.49. The molecular formula is C15H18N4O. The van der Waals surface area contributed by atoms with Gasteiger partial charge in [-0.15, -0.1) is 0 Å². The number of nitrogens with two attached hydrogens (primary N) is 1. The number of hydrogen-bond acceptors (Lipinski definition) is 4. The lowest BCUT2D eigenvalue weighted by atomic mass is 10.1. The molecule has 0 aliphatic carbocycles. The van der Waals surface area contributed by atoms with E-state index in [0.717, 1.165) is 16.9 Å². The molecule has 0 radical (unpaired) electrons. The molecule has 5 nitrogen and oxygen atoms in total. The summed E-state index contributed by atoms with van der Waals surface area (Å²) in [6.07, 6.45) is 1.79. The summed E-state index contributed by atoms with van der Waals surface area (Å²) in [5.74, 6) is 0.106. The Morgan fingerprint density at radius 2 is 2.15 bits per heavy atom. The highest BCUT2D eigenvalue weighted by molar-refractivity contribution is 5.97. The Hall–Kier alpha value is -2.56. The summed E-state index contributed by atoms with van der Waals surface area (Å²) in [6, 6.07) is 11.5. The van der Waals surface area contributed by atoms with Crippen molar-refractivity contribution in [3.8, 4) is 0 Å². The van der Waals surface area contributed by atoms with Crippen molar-refractivity contribution in [3.63, 3.8) is 0 Å². The van der Waals surface area contributed by atoms with Crippen molar-refractivity contribution in [1.82, 2.24) is 4.98 Å². The molecule has 0 unspecified atom stereocenters. The second kappa shape index (κ2) is 6.06. The lowest BCUT2D eigenvalue weighted by molar-refractivity contribution is 0.318. The van der Waals surface area contributed by atoms with Crippen molar-refractivity contribution in [2.75, 3.05) is 11.9 Å². The monoisotopic (exact) mass is 270 g/mol. The maximum Gasteiger partial charge on any atom is 0.170 e. The van der Waals surface area contributed by atoms with Crippen LogP contribution in [-0.4, -0.2) is 23.1 Å². The van der Waals surface area contributed by atoms with Crippen LogP contribution in [0.2, 0.25) is 0 Å². The third kappa shape index (κ3) is 3.06. The van der Waals surface area contributed by atoms with Crippen LogP contribution in [0.15, 0.2) is 47.8 Å². The lowest BCUT2D eigenvalue weighted by Gasteiger charge is -2.20. The smallest absolute Gasteiger partial charge is 0.170 e. The predicted octanol–water partition coefficient (Wildman–Crippen LogP) is 2.12. The van der Waals surface area contributed by atoms with Crippen LogP contribution in [0.3, 0.4) is 0 Å². The number of aromatic nitrogens is 1. The molecule has 0 saturated carbocycles. The molecule has 0 aliphatic rings. The summed E-state index contributed by atoms with van der Waals surface area (Å²) in [5.41, 5.74) is 9.47. The predicted molar refractivity (Wildman–Crippen MR) is 80.0 cm³/mol. The van der Waals surface area contributed by atoms with E-state index in [1.165, 1.54) is 0 Å². The van der Waals surface area contributed by atoms with Crippen molar-refractivity contribution >= 4 is 11.5 Å². The molecule has 3 N–H and O–H groups in total. The molecule has 20 heavy (non-hydrogen) atoms. The van der Waals surface area contributed by atoms with Gasteiger partial charge in [0.1, 0.15) is 0 Å². The van der Waals surface area contributed by atoms with Crippen molar-refractivity contribution in [1.29, 1.82) is 0 Å². The van der Waals surface area contributed by atoms with Crippen LogP contribution in [0.25, 0.3) is 0 Å². The van der Waals surface area contributed by atoms with Crippen LogP contribution < -0.4 is 10.6 Å². The van der Waals surface area contributed by atoms with Crippen LogP contribution >= 0.6 is 0 Å². The van der Waals surface area contributed by atoms with Gasteiger partial charge < -0.3 is 15.8 Å². The topological polar surface area (TPSA) is 74.7 Å². The first-order valence-electron chi connectivity index (χ1n) is 6.31. The maximum absolute atomic E-state index is 8.73. The average molecular weight is 270 g/mol. The minimum atomic E-state index is 0.106. The number of rotatable bonds is 4. The second-order valence-electron chi connectivity index (χ2n) is 4.66. The molecule has 0 atom stereocenters. The molecule has 2 aromatic rings. The fourth-order valence-electron chi connectivity index (χ4n) is 1.96. The van der Waals surface area contributed by atoms with E-state index in [1.54, 1.807) is 12.3 Å². The lowest BCUT2D eigenvalue weighted by Crippen LogP contribution is -2.19.